The lowest BCUT2D eigenvalue weighted by atomic mass is 10.1. The number of carbonyl (C=O) groups excluding carboxylic acids is 3. The molecule has 2 aliphatic rings. The van der Waals surface area contributed by atoms with E-state index in [4.69, 9.17) is 10.2 Å². The van der Waals surface area contributed by atoms with Gasteiger partial charge in [-0.15, -0.1) is 0 Å². The zero-order valence-corrected chi connectivity index (χ0v) is 22.8. The summed E-state index contributed by atoms with van der Waals surface area (Å²) in [5, 5.41) is 2.98. The van der Waals surface area contributed by atoms with E-state index in [9.17, 15) is 14.4 Å². The lowest BCUT2D eigenvalue weighted by Gasteiger charge is -2.38. The van der Waals surface area contributed by atoms with Crippen LogP contribution in [-0.4, -0.2) is 48.8 Å². The molecule has 1 fully saturated rings. The van der Waals surface area contributed by atoms with Crippen LogP contribution in [0.25, 0.3) is 0 Å². The first-order chi connectivity index (χ1) is 19.9. The summed E-state index contributed by atoms with van der Waals surface area (Å²) in [5.74, 6) is -0.847. The van der Waals surface area contributed by atoms with Crippen LogP contribution in [0.15, 0.2) is 83.5 Å². The molecule has 0 radical (unpaired) electrons. The summed E-state index contributed by atoms with van der Waals surface area (Å²) in [6, 6.07) is 22.4. The molecule has 0 unspecified atom stereocenters. The van der Waals surface area contributed by atoms with Crippen molar-refractivity contribution in [2.45, 2.75) is 20.0 Å². The third-order valence-corrected chi connectivity index (χ3v) is 7.81. The molecule has 0 spiro atoms. The summed E-state index contributed by atoms with van der Waals surface area (Å²) in [4.78, 5) is 44.5. The van der Waals surface area contributed by atoms with Crippen LogP contribution >= 0.6 is 0 Å². The fourth-order valence-electron chi connectivity index (χ4n) is 5.62. The molecule has 1 aromatic heterocycles. The number of piperazine rings is 1. The highest BCUT2D eigenvalue weighted by atomic mass is 16.3. The molecule has 3 N–H and O–H groups in total. The number of anilines is 3. The molecule has 4 aromatic rings. The SMILES string of the molecule is Cc1ccccc1N1CCN(c2ccc(C(=O)N3Cc4ccc(C(N)=O)cc4C3)cc2NC(=O)c2ccco2)CC1. The molecule has 1 saturated heterocycles. The van der Waals surface area contributed by atoms with E-state index in [0.29, 0.717) is 29.9 Å². The number of nitrogens with two attached hydrogens (primary N) is 1. The van der Waals surface area contributed by atoms with Crippen LogP contribution < -0.4 is 20.9 Å². The molecule has 0 atom stereocenters. The predicted molar refractivity (Wildman–Crippen MR) is 157 cm³/mol. The van der Waals surface area contributed by atoms with Gasteiger partial charge in [0.25, 0.3) is 11.8 Å². The highest BCUT2D eigenvalue weighted by molar-refractivity contribution is 6.05. The number of amides is 3. The van der Waals surface area contributed by atoms with E-state index in [1.54, 1.807) is 35.2 Å². The van der Waals surface area contributed by atoms with Gasteiger partial charge < -0.3 is 30.2 Å². The molecule has 6 rings (SSSR count). The van der Waals surface area contributed by atoms with Crippen LogP contribution in [0.1, 0.15) is 48.0 Å². The van der Waals surface area contributed by atoms with Crippen molar-refractivity contribution in [3.8, 4) is 0 Å². The Morgan fingerprint density at radius 3 is 2.20 bits per heavy atom. The highest BCUT2D eigenvalue weighted by Gasteiger charge is 2.27. The lowest BCUT2D eigenvalue weighted by Crippen LogP contribution is -2.47. The van der Waals surface area contributed by atoms with E-state index in [1.807, 2.05) is 24.3 Å². The van der Waals surface area contributed by atoms with Crippen LogP contribution in [0.2, 0.25) is 0 Å². The number of primary amides is 1. The molecule has 3 heterocycles. The van der Waals surface area contributed by atoms with Crippen LogP contribution in [0.3, 0.4) is 0 Å². The molecule has 0 saturated carbocycles. The minimum atomic E-state index is -0.496. The second-order valence-electron chi connectivity index (χ2n) is 10.4. The number of hydrogen-bond acceptors (Lipinski definition) is 6. The topological polar surface area (TPSA) is 112 Å². The number of fused-ring (bicyclic) bond motifs is 1. The maximum Gasteiger partial charge on any atom is 0.291 e. The van der Waals surface area contributed by atoms with Crippen molar-refractivity contribution in [1.82, 2.24) is 4.90 Å². The standard InChI is InChI=1S/C32H31N5O4/c1-21-5-2-3-6-27(21)35-12-14-36(15-13-35)28-11-10-23(18-26(28)34-31(39)29-7-4-16-41-29)32(40)37-19-24-9-8-22(30(33)38)17-25(24)20-37/h2-11,16-18H,12-15,19-20H2,1H3,(H2,33,38)(H,34,39). The van der Waals surface area contributed by atoms with Gasteiger partial charge in [0.2, 0.25) is 5.91 Å². The second-order valence-corrected chi connectivity index (χ2v) is 10.4. The number of hydrogen-bond donors (Lipinski definition) is 2. The average Bonchev–Trinajstić information content (AvgIpc) is 3.68. The Bertz CT molecular complexity index is 1620. The molecule has 3 amide bonds. The van der Waals surface area contributed by atoms with Crippen LogP contribution in [-0.2, 0) is 13.1 Å². The molecule has 0 bridgehead atoms. The summed E-state index contributed by atoms with van der Waals surface area (Å²) in [6.45, 7) is 6.11. The van der Waals surface area contributed by atoms with Crippen molar-refractivity contribution in [1.29, 1.82) is 0 Å². The van der Waals surface area contributed by atoms with Gasteiger partial charge in [-0.3, -0.25) is 14.4 Å². The first-order valence-corrected chi connectivity index (χ1v) is 13.6. The lowest BCUT2D eigenvalue weighted by molar-refractivity contribution is 0.0751. The summed E-state index contributed by atoms with van der Waals surface area (Å²) >= 11 is 0. The number of aryl methyl sites for hydroxylation is 1. The van der Waals surface area contributed by atoms with Crippen molar-refractivity contribution in [2.75, 3.05) is 41.3 Å². The zero-order chi connectivity index (χ0) is 28.5. The van der Waals surface area contributed by atoms with Crippen molar-refractivity contribution in [3.63, 3.8) is 0 Å². The van der Waals surface area contributed by atoms with Gasteiger partial charge in [0, 0.05) is 56.1 Å². The third-order valence-electron chi connectivity index (χ3n) is 7.81. The van der Waals surface area contributed by atoms with E-state index in [1.165, 1.54) is 17.5 Å². The minimum absolute atomic E-state index is 0.161. The van der Waals surface area contributed by atoms with Crippen LogP contribution in [0.4, 0.5) is 17.1 Å². The average molecular weight is 550 g/mol. The fourth-order valence-corrected chi connectivity index (χ4v) is 5.62. The fraction of sp³-hybridized carbons (Fsp3) is 0.219. The first-order valence-electron chi connectivity index (χ1n) is 13.6. The highest BCUT2D eigenvalue weighted by Crippen LogP contribution is 2.32. The van der Waals surface area contributed by atoms with E-state index in [2.05, 4.69) is 40.2 Å². The Balaban J connectivity index is 1.24. The van der Waals surface area contributed by atoms with E-state index in [-0.39, 0.29) is 17.6 Å². The molecule has 9 nitrogen and oxygen atoms in total. The molecule has 0 aliphatic carbocycles. The van der Waals surface area contributed by atoms with Crippen molar-refractivity contribution in [2.24, 2.45) is 5.73 Å². The number of rotatable bonds is 6. The van der Waals surface area contributed by atoms with E-state index in [0.717, 1.165) is 43.0 Å². The van der Waals surface area contributed by atoms with E-state index >= 15 is 0 Å². The van der Waals surface area contributed by atoms with Crippen molar-refractivity contribution in [3.05, 3.63) is 113 Å². The number of carbonyl (C=O) groups is 3. The molecule has 2 aliphatic heterocycles. The number of benzene rings is 3. The Kier molecular flexibility index (Phi) is 6.93. The quantitative estimate of drug-likeness (QED) is 0.368. The van der Waals surface area contributed by atoms with Gasteiger partial charge in [0.1, 0.15) is 0 Å². The number of nitrogens with zero attached hydrogens (tertiary/aromatic N) is 3. The molecule has 9 heteroatoms. The summed E-state index contributed by atoms with van der Waals surface area (Å²) in [5.41, 5.74) is 12.1. The number of para-hydroxylation sites is 1. The molecular weight excluding hydrogens is 518 g/mol. The Morgan fingerprint density at radius 1 is 0.780 bits per heavy atom. The monoisotopic (exact) mass is 549 g/mol. The number of furan rings is 1. The summed E-state index contributed by atoms with van der Waals surface area (Å²) in [6.07, 6.45) is 1.45. The first kappa shape index (κ1) is 26.2. The Morgan fingerprint density at radius 2 is 1.49 bits per heavy atom. The minimum Gasteiger partial charge on any atom is -0.459 e. The van der Waals surface area contributed by atoms with Crippen molar-refractivity contribution < 1.29 is 18.8 Å². The number of nitrogens with one attached hydrogen (secondary N) is 1. The van der Waals surface area contributed by atoms with Gasteiger partial charge in [0.15, 0.2) is 5.76 Å². The third kappa shape index (κ3) is 5.26. The van der Waals surface area contributed by atoms with Gasteiger partial charge in [-0.1, -0.05) is 24.3 Å². The van der Waals surface area contributed by atoms with E-state index < -0.39 is 5.91 Å². The smallest absolute Gasteiger partial charge is 0.291 e. The molecule has 41 heavy (non-hydrogen) atoms. The summed E-state index contributed by atoms with van der Waals surface area (Å²) in [7, 11) is 0. The normalized spacial score (nSPS) is 14.6. The predicted octanol–water partition coefficient (Wildman–Crippen LogP) is 4.42. The Hall–Kier alpha value is -5.05. The van der Waals surface area contributed by atoms with Crippen molar-refractivity contribution >= 4 is 34.8 Å². The largest absolute Gasteiger partial charge is 0.459 e. The maximum atomic E-state index is 13.6. The van der Waals surface area contributed by atoms with Crippen LogP contribution in [0.5, 0.6) is 0 Å². The maximum absolute atomic E-state index is 13.6. The van der Waals surface area contributed by atoms with Gasteiger partial charge >= 0.3 is 0 Å². The van der Waals surface area contributed by atoms with Gasteiger partial charge in [-0.2, -0.15) is 0 Å². The molecular formula is C32H31N5O4. The Labute approximate surface area is 238 Å². The second kappa shape index (κ2) is 10.8. The summed E-state index contributed by atoms with van der Waals surface area (Å²) < 4.78 is 5.31. The van der Waals surface area contributed by atoms with Crippen LogP contribution in [0, 0.1) is 6.92 Å². The van der Waals surface area contributed by atoms with Gasteiger partial charge in [-0.05, 0) is 72.1 Å². The van der Waals surface area contributed by atoms with Gasteiger partial charge in [-0.25, -0.2) is 0 Å². The zero-order valence-electron chi connectivity index (χ0n) is 22.8. The van der Waals surface area contributed by atoms with Gasteiger partial charge in [0.05, 0.1) is 17.6 Å². The molecule has 208 valence electrons. The molecule has 3 aromatic carbocycles.